The number of rotatable bonds is 2. The smallest absolute Gasteiger partial charge is 0.124 e. The second kappa shape index (κ2) is 2.88. The van der Waals surface area contributed by atoms with Crippen molar-refractivity contribution in [3.8, 4) is 0 Å². The molecule has 4 heteroatoms. The van der Waals surface area contributed by atoms with Gasteiger partial charge in [0, 0.05) is 19.0 Å². The average molecular weight is 168 g/mol. The Kier molecular flexibility index (Phi) is 1.86. The van der Waals surface area contributed by atoms with Crippen LogP contribution in [0.4, 0.5) is 0 Å². The molecular formula is C8H12N2O2. The first-order valence-electron chi connectivity index (χ1n) is 4.11. The molecule has 4 nitrogen and oxygen atoms in total. The highest BCUT2D eigenvalue weighted by Gasteiger charge is 2.31. The maximum absolute atomic E-state index is 9.92. The van der Waals surface area contributed by atoms with Gasteiger partial charge in [0.2, 0.25) is 0 Å². The quantitative estimate of drug-likeness (QED) is 0.649. The summed E-state index contributed by atoms with van der Waals surface area (Å²) in [5, 5.41) is 16.8. The number of nitrogens with zero attached hydrogens (tertiary/aromatic N) is 1. The highest BCUT2D eigenvalue weighted by atomic mass is 16.5. The molecule has 1 aliphatic heterocycles. The molecular weight excluding hydrogens is 156 g/mol. The molecule has 2 N–H and O–H groups in total. The molecule has 1 saturated heterocycles. The van der Waals surface area contributed by atoms with Crippen LogP contribution in [-0.4, -0.2) is 29.0 Å². The van der Waals surface area contributed by atoms with Crippen LogP contribution < -0.4 is 5.32 Å². The van der Waals surface area contributed by atoms with E-state index in [-0.39, 0.29) is 0 Å². The SMILES string of the molecule is OC1(Cc2ccon2)CCNC1. The van der Waals surface area contributed by atoms with Gasteiger partial charge in [0.25, 0.3) is 0 Å². The molecule has 0 radical (unpaired) electrons. The van der Waals surface area contributed by atoms with Gasteiger partial charge >= 0.3 is 0 Å². The highest BCUT2D eigenvalue weighted by Crippen LogP contribution is 2.18. The third-order valence-corrected chi connectivity index (χ3v) is 2.22. The van der Waals surface area contributed by atoms with Crippen molar-refractivity contribution in [3.63, 3.8) is 0 Å². The van der Waals surface area contributed by atoms with Gasteiger partial charge in [-0.25, -0.2) is 0 Å². The van der Waals surface area contributed by atoms with Crippen LogP contribution in [0.15, 0.2) is 16.9 Å². The van der Waals surface area contributed by atoms with Crippen LogP contribution in [0.3, 0.4) is 0 Å². The van der Waals surface area contributed by atoms with Gasteiger partial charge in [0.05, 0.1) is 11.3 Å². The molecule has 1 aromatic heterocycles. The summed E-state index contributed by atoms with van der Waals surface area (Å²) >= 11 is 0. The van der Waals surface area contributed by atoms with Crippen molar-refractivity contribution in [2.24, 2.45) is 0 Å². The second-order valence-corrected chi connectivity index (χ2v) is 3.32. The minimum Gasteiger partial charge on any atom is -0.388 e. The molecule has 0 spiro atoms. The molecule has 0 saturated carbocycles. The summed E-state index contributed by atoms with van der Waals surface area (Å²) in [6.07, 6.45) is 2.90. The van der Waals surface area contributed by atoms with Gasteiger partial charge in [-0.05, 0) is 13.0 Å². The molecule has 1 fully saturated rings. The minimum absolute atomic E-state index is 0.580. The lowest BCUT2D eigenvalue weighted by atomic mass is 9.97. The maximum atomic E-state index is 9.92. The number of hydrogen-bond donors (Lipinski definition) is 2. The van der Waals surface area contributed by atoms with Crippen molar-refractivity contribution in [3.05, 3.63) is 18.0 Å². The average Bonchev–Trinajstić information content (AvgIpc) is 2.62. The van der Waals surface area contributed by atoms with Crippen molar-refractivity contribution < 1.29 is 9.63 Å². The van der Waals surface area contributed by atoms with E-state index < -0.39 is 5.60 Å². The zero-order chi connectivity index (χ0) is 8.44. The predicted molar refractivity (Wildman–Crippen MR) is 42.6 cm³/mol. The van der Waals surface area contributed by atoms with E-state index in [4.69, 9.17) is 0 Å². The van der Waals surface area contributed by atoms with E-state index in [9.17, 15) is 5.11 Å². The van der Waals surface area contributed by atoms with Gasteiger partial charge in [-0.1, -0.05) is 5.16 Å². The van der Waals surface area contributed by atoms with Crippen LogP contribution in [0.1, 0.15) is 12.1 Å². The number of hydrogen-bond acceptors (Lipinski definition) is 4. The van der Waals surface area contributed by atoms with Gasteiger partial charge in [-0.2, -0.15) is 0 Å². The van der Waals surface area contributed by atoms with Gasteiger partial charge in [-0.3, -0.25) is 0 Å². The second-order valence-electron chi connectivity index (χ2n) is 3.32. The van der Waals surface area contributed by atoms with Gasteiger partial charge in [0.1, 0.15) is 6.26 Å². The summed E-state index contributed by atoms with van der Waals surface area (Å²) < 4.78 is 4.69. The summed E-state index contributed by atoms with van der Waals surface area (Å²) in [6, 6.07) is 1.79. The van der Waals surface area contributed by atoms with Gasteiger partial charge in [-0.15, -0.1) is 0 Å². The Labute approximate surface area is 70.6 Å². The third-order valence-electron chi connectivity index (χ3n) is 2.22. The van der Waals surface area contributed by atoms with Gasteiger partial charge in [0.15, 0.2) is 0 Å². The van der Waals surface area contributed by atoms with Crippen LogP contribution in [0.2, 0.25) is 0 Å². The number of β-amino-alcohol motifs (C(OH)–C–C–N with tert-alkyl or cyclic N) is 1. The Balaban J connectivity index is 2.02. The van der Waals surface area contributed by atoms with Crippen LogP contribution in [0.25, 0.3) is 0 Å². The molecule has 2 rings (SSSR count). The maximum Gasteiger partial charge on any atom is 0.124 e. The molecule has 12 heavy (non-hydrogen) atoms. The van der Waals surface area contributed by atoms with E-state index in [1.807, 2.05) is 0 Å². The van der Waals surface area contributed by atoms with E-state index in [0.29, 0.717) is 13.0 Å². The molecule has 1 atom stereocenters. The van der Waals surface area contributed by atoms with E-state index in [1.54, 1.807) is 6.07 Å². The lowest BCUT2D eigenvalue weighted by Gasteiger charge is -2.18. The van der Waals surface area contributed by atoms with Crippen molar-refractivity contribution >= 4 is 0 Å². The normalized spacial score (nSPS) is 29.4. The zero-order valence-corrected chi connectivity index (χ0v) is 6.79. The van der Waals surface area contributed by atoms with E-state index in [2.05, 4.69) is 15.0 Å². The molecule has 1 unspecified atom stereocenters. The van der Waals surface area contributed by atoms with Crippen LogP contribution >= 0.6 is 0 Å². The highest BCUT2D eigenvalue weighted by molar-refractivity contribution is 5.04. The monoisotopic (exact) mass is 168 g/mol. The summed E-state index contributed by atoms with van der Waals surface area (Å²) in [7, 11) is 0. The van der Waals surface area contributed by atoms with Crippen molar-refractivity contribution in [2.75, 3.05) is 13.1 Å². The summed E-state index contributed by atoms with van der Waals surface area (Å²) in [5.41, 5.74) is 0.206. The molecule has 2 heterocycles. The molecule has 0 bridgehead atoms. The Morgan fingerprint density at radius 3 is 3.25 bits per heavy atom. The minimum atomic E-state index is -0.614. The molecule has 1 aromatic rings. The zero-order valence-electron chi connectivity index (χ0n) is 6.79. The Bertz CT molecular complexity index is 240. The Morgan fingerprint density at radius 1 is 1.75 bits per heavy atom. The lowest BCUT2D eigenvalue weighted by Crippen LogP contribution is -2.33. The Morgan fingerprint density at radius 2 is 2.67 bits per heavy atom. The third kappa shape index (κ3) is 1.49. The van der Waals surface area contributed by atoms with Crippen molar-refractivity contribution in [1.29, 1.82) is 0 Å². The standard InChI is InChI=1S/C8H12N2O2/c11-8(2-3-9-6-8)5-7-1-4-12-10-7/h1,4,9,11H,2-3,5-6H2. The fraction of sp³-hybridized carbons (Fsp3) is 0.625. The van der Waals surface area contributed by atoms with E-state index >= 15 is 0 Å². The Hall–Kier alpha value is -0.870. The first-order chi connectivity index (χ1) is 5.79. The van der Waals surface area contributed by atoms with E-state index in [1.165, 1.54) is 6.26 Å². The summed E-state index contributed by atoms with van der Waals surface area (Å²) in [4.78, 5) is 0. The fourth-order valence-electron chi connectivity index (χ4n) is 1.55. The number of aliphatic hydroxyl groups is 1. The molecule has 1 aliphatic rings. The number of aromatic nitrogens is 1. The number of nitrogens with one attached hydrogen (secondary N) is 1. The largest absolute Gasteiger partial charge is 0.388 e. The molecule has 66 valence electrons. The molecule has 0 aliphatic carbocycles. The first-order valence-corrected chi connectivity index (χ1v) is 4.11. The van der Waals surface area contributed by atoms with Crippen molar-refractivity contribution in [1.82, 2.24) is 10.5 Å². The van der Waals surface area contributed by atoms with Gasteiger partial charge < -0.3 is 14.9 Å². The van der Waals surface area contributed by atoms with Crippen LogP contribution in [0.5, 0.6) is 0 Å². The van der Waals surface area contributed by atoms with E-state index in [0.717, 1.165) is 18.7 Å². The summed E-state index contributed by atoms with van der Waals surface area (Å²) in [5.74, 6) is 0. The van der Waals surface area contributed by atoms with Crippen LogP contribution in [-0.2, 0) is 6.42 Å². The molecule has 0 aromatic carbocycles. The topological polar surface area (TPSA) is 58.3 Å². The van der Waals surface area contributed by atoms with Crippen molar-refractivity contribution in [2.45, 2.75) is 18.4 Å². The van der Waals surface area contributed by atoms with Crippen LogP contribution in [0, 0.1) is 0 Å². The molecule has 0 amide bonds. The lowest BCUT2D eigenvalue weighted by molar-refractivity contribution is 0.0601. The predicted octanol–water partition coefficient (Wildman–Crippen LogP) is -0.0585. The first kappa shape index (κ1) is 7.76. The summed E-state index contributed by atoms with van der Waals surface area (Å²) in [6.45, 7) is 1.54. The fourth-order valence-corrected chi connectivity index (χ4v) is 1.55.